The van der Waals surface area contributed by atoms with Gasteiger partial charge in [-0.05, 0) is 6.92 Å². The van der Waals surface area contributed by atoms with Crippen LogP contribution in [0.1, 0.15) is 6.92 Å². The van der Waals surface area contributed by atoms with Gasteiger partial charge < -0.3 is 10.1 Å². The van der Waals surface area contributed by atoms with Crippen molar-refractivity contribution in [1.82, 2.24) is 0 Å². The zero-order valence-corrected chi connectivity index (χ0v) is 11.0. The number of halogens is 1. The number of nitrogens with one attached hydrogen (secondary N) is 1. The van der Waals surface area contributed by atoms with E-state index in [-0.39, 0.29) is 5.69 Å². The molecule has 0 heterocycles. The molecule has 0 radical (unpaired) electrons. The van der Waals surface area contributed by atoms with E-state index in [1.807, 2.05) is 6.92 Å². The molecule has 17 heavy (non-hydrogen) atoms. The molecule has 1 aromatic rings. The van der Waals surface area contributed by atoms with Crippen molar-refractivity contribution in [3.05, 3.63) is 39.4 Å². The highest BCUT2D eigenvalue weighted by molar-refractivity contribution is 9.11. The second-order valence-corrected chi connectivity index (χ2v) is 4.40. The molecule has 0 aliphatic rings. The number of nitrogens with zero attached hydrogens (tertiary/aromatic N) is 1. The fourth-order valence-electron chi connectivity index (χ4n) is 1.24. The number of nitro benzene ring substituents is 1. The van der Waals surface area contributed by atoms with Crippen LogP contribution in [-0.2, 0) is 0 Å². The maximum Gasteiger partial charge on any atom is 0.275 e. The Kier molecular flexibility index (Phi) is 4.96. The Balaban J connectivity index is 2.94. The Morgan fingerprint density at radius 1 is 1.59 bits per heavy atom. The minimum Gasteiger partial charge on any atom is -0.494 e. The molecule has 0 saturated heterocycles. The van der Waals surface area contributed by atoms with E-state index in [2.05, 4.69) is 27.8 Å². The largest absolute Gasteiger partial charge is 0.494 e. The van der Waals surface area contributed by atoms with Crippen LogP contribution in [0.3, 0.4) is 0 Å². The molecule has 1 aromatic carbocycles. The van der Waals surface area contributed by atoms with Crippen LogP contribution in [0.2, 0.25) is 0 Å². The lowest BCUT2D eigenvalue weighted by molar-refractivity contribution is -0.384. The van der Waals surface area contributed by atoms with Gasteiger partial charge in [-0.25, -0.2) is 0 Å². The monoisotopic (exact) mass is 300 g/mol. The Labute approximate surface area is 108 Å². The molecule has 0 saturated carbocycles. The van der Waals surface area contributed by atoms with Gasteiger partial charge >= 0.3 is 0 Å². The average molecular weight is 301 g/mol. The van der Waals surface area contributed by atoms with Crippen molar-refractivity contribution < 1.29 is 9.66 Å². The van der Waals surface area contributed by atoms with Crippen LogP contribution < -0.4 is 10.1 Å². The number of benzene rings is 1. The minimum atomic E-state index is -0.448. The maximum atomic E-state index is 10.7. The highest BCUT2D eigenvalue weighted by Crippen LogP contribution is 2.26. The second-order valence-electron chi connectivity index (χ2n) is 3.28. The fourth-order valence-corrected chi connectivity index (χ4v) is 1.38. The van der Waals surface area contributed by atoms with Crippen LogP contribution in [0, 0.1) is 10.1 Å². The molecule has 0 unspecified atom stereocenters. The predicted octanol–water partition coefficient (Wildman–Crippen LogP) is 3.31. The lowest BCUT2D eigenvalue weighted by atomic mass is 10.2. The molecule has 1 rings (SSSR count). The van der Waals surface area contributed by atoms with Crippen LogP contribution in [0.15, 0.2) is 29.3 Å². The summed E-state index contributed by atoms with van der Waals surface area (Å²) in [7, 11) is 0. The standard InChI is InChI=1S/C11H13BrN2O3/c1-3-17-11-5-9(13-7-8(2)12)4-10(6-11)14(15)16/h4-6,13H,2-3,7H2,1H3. The molecule has 0 spiro atoms. The summed E-state index contributed by atoms with van der Waals surface area (Å²) < 4.78 is 6.03. The molecule has 0 aromatic heterocycles. The average Bonchev–Trinajstić information content (AvgIpc) is 2.26. The van der Waals surface area contributed by atoms with E-state index in [1.165, 1.54) is 12.1 Å². The smallest absolute Gasteiger partial charge is 0.275 e. The number of hydrogen-bond donors (Lipinski definition) is 1. The number of ether oxygens (including phenoxy) is 1. The summed E-state index contributed by atoms with van der Waals surface area (Å²) in [6.45, 7) is 6.46. The molecule has 0 atom stereocenters. The van der Waals surface area contributed by atoms with E-state index in [0.717, 1.165) is 4.48 Å². The van der Waals surface area contributed by atoms with Crippen LogP contribution in [0.4, 0.5) is 11.4 Å². The van der Waals surface area contributed by atoms with Gasteiger partial charge in [-0.1, -0.05) is 22.5 Å². The minimum absolute atomic E-state index is 0.00126. The van der Waals surface area contributed by atoms with Gasteiger partial charge in [0, 0.05) is 28.8 Å². The molecule has 5 nitrogen and oxygen atoms in total. The third-order valence-electron chi connectivity index (χ3n) is 1.90. The van der Waals surface area contributed by atoms with Gasteiger partial charge in [-0.2, -0.15) is 0 Å². The predicted molar refractivity (Wildman–Crippen MR) is 70.8 cm³/mol. The normalized spacial score (nSPS) is 9.76. The fraction of sp³-hybridized carbons (Fsp3) is 0.273. The van der Waals surface area contributed by atoms with Crippen molar-refractivity contribution in [1.29, 1.82) is 0 Å². The van der Waals surface area contributed by atoms with Crippen LogP contribution in [-0.4, -0.2) is 18.1 Å². The quantitative estimate of drug-likeness (QED) is 0.646. The first kappa shape index (κ1) is 13.5. The summed E-state index contributed by atoms with van der Waals surface area (Å²) >= 11 is 3.21. The van der Waals surface area contributed by atoms with Gasteiger partial charge in [0.25, 0.3) is 5.69 Å². The third-order valence-corrected chi connectivity index (χ3v) is 2.18. The molecule has 0 bridgehead atoms. The highest BCUT2D eigenvalue weighted by Gasteiger charge is 2.10. The number of nitro groups is 1. The lowest BCUT2D eigenvalue weighted by Crippen LogP contribution is -2.02. The molecule has 0 amide bonds. The van der Waals surface area contributed by atoms with Crippen molar-refractivity contribution >= 4 is 27.3 Å². The van der Waals surface area contributed by atoms with Crippen LogP contribution in [0.25, 0.3) is 0 Å². The Morgan fingerprint density at radius 2 is 2.29 bits per heavy atom. The third kappa shape index (κ3) is 4.44. The molecule has 0 aliphatic heterocycles. The van der Waals surface area contributed by atoms with Gasteiger partial charge in [0.05, 0.1) is 17.6 Å². The van der Waals surface area contributed by atoms with E-state index in [4.69, 9.17) is 4.74 Å². The summed E-state index contributed by atoms with van der Waals surface area (Å²) in [5, 5.41) is 13.8. The van der Waals surface area contributed by atoms with Crippen molar-refractivity contribution in [2.24, 2.45) is 0 Å². The van der Waals surface area contributed by atoms with E-state index in [9.17, 15) is 10.1 Å². The number of rotatable bonds is 6. The van der Waals surface area contributed by atoms with Gasteiger partial charge in [-0.3, -0.25) is 10.1 Å². The molecular weight excluding hydrogens is 288 g/mol. The van der Waals surface area contributed by atoms with Crippen molar-refractivity contribution in [3.8, 4) is 5.75 Å². The molecular formula is C11H13BrN2O3. The molecule has 0 fully saturated rings. The molecule has 6 heteroatoms. The van der Waals surface area contributed by atoms with Gasteiger partial charge in [-0.15, -0.1) is 0 Å². The summed E-state index contributed by atoms with van der Waals surface area (Å²) in [4.78, 5) is 10.3. The Bertz CT molecular complexity index is 435. The van der Waals surface area contributed by atoms with Crippen LogP contribution >= 0.6 is 15.9 Å². The van der Waals surface area contributed by atoms with E-state index in [0.29, 0.717) is 24.6 Å². The Morgan fingerprint density at radius 3 is 2.82 bits per heavy atom. The number of hydrogen-bond acceptors (Lipinski definition) is 4. The lowest BCUT2D eigenvalue weighted by Gasteiger charge is -2.08. The second kappa shape index (κ2) is 6.24. The van der Waals surface area contributed by atoms with E-state index >= 15 is 0 Å². The van der Waals surface area contributed by atoms with E-state index in [1.54, 1.807) is 6.07 Å². The van der Waals surface area contributed by atoms with Gasteiger partial charge in [0.2, 0.25) is 0 Å². The van der Waals surface area contributed by atoms with Crippen LogP contribution in [0.5, 0.6) is 5.75 Å². The number of anilines is 1. The first-order valence-corrected chi connectivity index (χ1v) is 5.81. The topological polar surface area (TPSA) is 64.4 Å². The number of non-ortho nitro benzene ring substituents is 1. The van der Waals surface area contributed by atoms with Crippen molar-refractivity contribution in [2.45, 2.75) is 6.92 Å². The zero-order chi connectivity index (χ0) is 12.8. The summed E-state index contributed by atoms with van der Waals surface area (Å²) in [5.74, 6) is 0.476. The summed E-state index contributed by atoms with van der Waals surface area (Å²) in [6, 6.07) is 4.57. The summed E-state index contributed by atoms with van der Waals surface area (Å²) in [5.41, 5.74) is 0.627. The molecule has 1 N–H and O–H groups in total. The van der Waals surface area contributed by atoms with Crippen molar-refractivity contribution in [3.63, 3.8) is 0 Å². The molecule has 92 valence electrons. The maximum absolute atomic E-state index is 10.7. The van der Waals surface area contributed by atoms with E-state index < -0.39 is 4.92 Å². The van der Waals surface area contributed by atoms with Gasteiger partial charge in [0.1, 0.15) is 5.75 Å². The zero-order valence-electron chi connectivity index (χ0n) is 9.40. The first-order chi connectivity index (χ1) is 8.02. The van der Waals surface area contributed by atoms with Gasteiger partial charge in [0.15, 0.2) is 0 Å². The van der Waals surface area contributed by atoms with Crippen molar-refractivity contribution in [2.75, 3.05) is 18.5 Å². The first-order valence-electron chi connectivity index (χ1n) is 5.02. The summed E-state index contributed by atoms with van der Waals surface area (Å²) in [6.07, 6.45) is 0. The SMILES string of the molecule is C=C(Br)CNc1cc(OCC)cc([N+](=O)[O-])c1. The Hall–Kier alpha value is -1.56. The molecule has 0 aliphatic carbocycles. The highest BCUT2D eigenvalue weighted by atomic mass is 79.9.